The van der Waals surface area contributed by atoms with Gasteiger partial charge in [-0.2, -0.15) is 0 Å². The quantitative estimate of drug-likeness (QED) is 0.535. The third-order valence-electron chi connectivity index (χ3n) is 2.86. The Hall–Kier alpha value is -0.850. The molecular formula is C11H14O. The van der Waals surface area contributed by atoms with Crippen LogP contribution in [0.2, 0.25) is 0 Å². The molecule has 12 heavy (non-hydrogen) atoms. The van der Waals surface area contributed by atoms with Gasteiger partial charge in [-0.05, 0) is 43.3 Å². The monoisotopic (exact) mass is 162 g/mol. The van der Waals surface area contributed by atoms with E-state index in [9.17, 15) is 4.79 Å². The van der Waals surface area contributed by atoms with Crippen LogP contribution in [-0.4, -0.2) is 5.78 Å². The molecule has 0 saturated heterocycles. The Bertz CT molecular complexity index is 243. The van der Waals surface area contributed by atoms with Gasteiger partial charge in [-0.15, -0.1) is 0 Å². The maximum Gasteiger partial charge on any atom is 0.159 e. The highest BCUT2D eigenvalue weighted by Gasteiger charge is 2.24. The second-order valence-corrected chi connectivity index (χ2v) is 3.69. The summed E-state index contributed by atoms with van der Waals surface area (Å²) in [5.74, 6) is 0.386. The topological polar surface area (TPSA) is 17.1 Å². The average molecular weight is 162 g/mol. The number of rotatable bonds is 0. The third kappa shape index (κ3) is 1.13. The number of Topliss-reactive ketones (excluding diaryl/α,β-unsaturated/α-hetero) is 1. The first-order valence-electron chi connectivity index (χ1n) is 4.72. The van der Waals surface area contributed by atoms with Crippen molar-refractivity contribution in [2.45, 2.75) is 38.5 Å². The Kier molecular flexibility index (Phi) is 1.87. The van der Waals surface area contributed by atoms with Crippen molar-refractivity contribution >= 4 is 5.78 Å². The van der Waals surface area contributed by atoms with Crippen molar-refractivity contribution in [2.75, 3.05) is 0 Å². The molecular weight excluding hydrogens is 148 g/mol. The molecule has 0 heterocycles. The van der Waals surface area contributed by atoms with Crippen LogP contribution in [0.15, 0.2) is 23.3 Å². The summed E-state index contributed by atoms with van der Waals surface area (Å²) in [6, 6.07) is 0. The lowest BCUT2D eigenvalue weighted by molar-refractivity contribution is -0.116. The van der Waals surface area contributed by atoms with Crippen molar-refractivity contribution in [3.8, 4) is 0 Å². The first-order chi connectivity index (χ1) is 5.79. The Morgan fingerprint density at radius 2 is 1.58 bits per heavy atom. The predicted molar refractivity (Wildman–Crippen MR) is 48.9 cm³/mol. The molecule has 0 unspecified atom stereocenters. The van der Waals surface area contributed by atoms with Crippen LogP contribution in [0.4, 0.5) is 0 Å². The molecule has 0 saturated carbocycles. The van der Waals surface area contributed by atoms with Crippen LogP contribution in [0, 0.1) is 0 Å². The summed E-state index contributed by atoms with van der Waals surface area (Å²) in [5, 5.41) is 0. The minimum absolute atomic E-state index is 0.386. The standard InChI is InChI=1S/C11H14O/c1-8-4-2-6-10-9(8)5-3-7-11(10)12/h1-7H2. The van der Waals surface area contributed by atoms with Crippen LogP contribution in [0.5, 0.6) is 0 Å². The molecule has 0 fully saturated rings. The van der Waals surface area contributed by atoms with E-state index in [0.29, 0.717) is 5.78 Å². The van der Waals surface area contributed by atoms with Gasteiger partial charge in [0, 0.05) is 6.42 Å². The van der Waals surface area contributed by atoms with E-state index in [1.165, 1.54) is 11.1 Å². The van der Waals surface area contributed by atoms with Crippen LogP contribution >= 0.6 is 0 Å². The van der Waals surface area contributed by atoms with Crippen LogP contribution < -0.4 is 0 Å². The van der Waals surface area contributed by atoms with Gasteiger partial charge in [-0.3, -0.25) is 4.79 Å². The van der Waals surface area contributed by atoms with Crippen molar-refractivity contribution in [1.29, 1.82) is 0 Å². The van der Waals surface area contributed by atoms with Crippen LogP contribution in [0.3, 0.4) is 0 Å². The van der Waals surface area contributed by atoms with E-state index in [1.54, 1.807) is 0 Å². The first-order valence-corrected chi connectivity index (χ1v) is 4.72. The Balaban J connectivity index is 2.39. The normalized spacial score (nSPS) is 24.3. The molecule has 0 spiro atoms. The smallest absolute Gasteiger partial charge is 0.159 e. The minimum atomic E-state index is 0.386. The zero-order valence-electron chi connectivity index (χ0n) is 7.36. The van der Waals surface area contributed by atoms with Gasteiger partial charge in [0.1, 0.15) is 0 Å². The van der Waals surface area contributed by atoms with Crippen molar-refractivity contribution in [3.63, 3.8) is 0 Å². The fourth-order valence-electron chi connectivity index (χ4n) is 2.21. The molecule has 0 atom stereocenters. The highest BCUT2D eigenvalue weighted by atomic mass is 16.1. The maximum absolute atomic E-state index is 11.5. The van der Waals surface area contributed by atoms with Crippen LogP contribution in [-0.2, 0) is 4.79 Å². The van der Waals surface area contributed by atoms with E-state index in [4.69, 9.17) is 0 Å². The SMILES string of the molecule is C=C1CCCC2=C1CCCC2=O. The molecule has 1 nitrogen and oxygen atoms in total. The number of carbonyl (C=O) groups is 1. The van der Waals surface area contributed by atoms with E-state index >= 15 is 0 Å². The van der Waals surface area contributed by atoms with Gasteiger partial charge < -0.3 is 0 Å². The summed E-state index contributed by atoms with van der Waals surface area (Å²) >= 11 is 0. The Morgan fingerprint density at radius 3 is 2.33 bits per heavy atom. The molecule has 0 radical (unpaired) electrons. The molecule has 0 aromatic carbocycles. The molecule has 0 aliphatic heterocycles. The summed E-state index contributed by atoms with van der Waals surface area (Å²) < 4.78 is 0. The van der Waals surface area contributed by atoms with E-state index in [1.807, 2.05) is 0 Å². The molecule has 1 heteroatoms. The summed E-state index contributed by atoms with van der Waals surface area (Å²) in [5.41, 5.74) is 3.64. The first kappa shape index (κ1) is 7.78. The van der Waals surface area contributed by atoms with E-state index in [0.717, 1.165) is 44.1 Å². The number of hydrogen-bond donors (Lipinski definition) is 0. The van der Waals surface area contributed by atoms with Gasteiger partial charge in [0.15, 0.2) is 5.78 Å². The lowest BCUT2D eigenvalue weighted by Crippen LogP contribution is -2.15. The third-order valence-corrected chi connectivity index (χ3v) is 2.86. The molecule has 0 N–H and O–H groups in total. The summed E-state index contributed by atoms with van der Waals surface area (Å²) in [7, 11) is 0. The van der Waals surface area contributed by atoms with E-state index in [-0.39, 0.29) is 0 Å². The highest BCUT2D eigenvalue weighted by Crippen LogP contribution is 2.35. The van der Waals surface area contributed by atoms with E-state index in [2.05, 4.69) is 6.58 Å². The fraction of sp³-hybridized carbons (Fsp3) is 0.545. The average Bonchev–Trinajstić information content (AvgIpc) is 2.07. The zero-order chi connectivity index (χ0) is 8.55. The number of allylic oxidation sites excluding steroid dienone is 3. The van der Waals surface area contributed by atoms with Crippen molar-refractivity contribution in [3.05, 3.63) is 23.3 Å². The van der Waals surface area contributed by atoms with Gasteiger partial charge in [-0.25, -0.2) is 0 Å². The summed E-state index contributed by atoms with van der Waals surface area (Å²) in [6.07, 6.45) is 6.14. The molecule has 2 aliphatic carbocycles. The second-order valence-electron chi connectivity index (χ2n) is 3.69. The fourth-order valence-corrected chi connectivity index (χ4v) is 2.21. The minimum Gasteiger partial charge on any atom is -0.295 e. The second kappa shape index (κ2) is 2.89. The van der Waals surface area contributed by atoms with Crippen molar-refractivity contribution < 1.29 is 4.79 Å². The Labute approximate surface area is 73.2 Å². The number of carbonyl (C=O) groups excluding carboxylic acids is 1. The zero-order valence-corrected chi connectivity index (χ0v) is 7.36. The summed E-state index contributed by atoms with van der Waals surface area (Å²) in [4.78, 5) is 11.5. The molecule has 0 amide bonds. The lowest BCUT2D eigenvalue weighted by atomic mass is 9.79. The molecule has 0 aromatic heterocycles. The predicted octanol–water partition coefficient (Wildman–Crippen LogP) is 2.78. The number of ketones is 1. The summed E-state index contributed by atoms with van der Waals surface area (Å²) in [6.45, 7) is 4.02. The van der Waals surface area contributed by atoms with Gasteiger partial charge >= 0.3 is 0 Å². The highest BCUT2D eigenvalue weighted by molar-refractivity contribution is 5.97. The molecule has 0 aromatic rings. The van der Waals surface area contributed by atoms with Crippen LogP contribution in [0.1, 0.15) is 38.5 Å². The molecule has 64 valence electrons. The molecule has 0 bridgehead atoms. The maximum atomic E-state index is 11.5. The Morgan fingerprint density at radius 1 is 0.917 bits per heavy atom. The van der Waals surface area contributed by atoms with Crippen molar-refractivity contribution in [1.82, 2.24) is 0 Å². The number of hydrogen-bond acceptors (Lipinski definition) is 1. The van der Waals surface area contributed by atoms with Crippen molar-refractivity contribution in [2.24, 2.45) is 0 Å². The largest absolute Gasteiger partial charge is 0.295 e. The molecule has 2 rings (SSSR count). The van der Waals surface area contributed by atoms with Crippen LogP contribution in [0.25, 0.3) is 0 Å². The van der Waals surface area contributed by atoms with Gasteiger partial charge in [0.2, 0.25) is 0 Å². The molecule has 2 aliphatic rings. The van der Waals surface area contributed by atoms with Gasteiger partial charge in [0.05, 0.1) is 0 Å². The van der Waals surface area contributed by atoms with Gasteiger partial charge in [-0.1, -0.05) is 12.2 Å². The lowest BCUT2D eigenvalue weighted by Gasteiger charge is -2.25. The van der Waals surface area contributed by atoms with Gasteiger partial charge in [0.25, 0.3) is 0 Å². The van der Waals surface area contributed by atoms with E-state index < -0.39 is 0 Å².